The van der Waals surface area contributed by atoms with Crippen molar-refractivity contribution in [1.29, 1.82) is 0 Å². The largest absolute Gasteiger partial charge is 0.455 e. The number of benzene rings is 2. The third-order valence-corrected chi connectivity index (χ3v) is 4.03. The van der Waals surface area contributed by atoms with Gasteiger partial charge in [-0.3, -0.25) is 9.59 Å². The summed E-state index contributed by atoms with van der Waals surface area (Å²) in [4.78, 5) is 23.7. The molecule has 0 aliphatic heterocycles. The van der Waals surface area contributed by atoms with E-state index in [-0.39, 0.29) is 18.9 Å². The fourth-order valence-electron chi connectivity index (χ4n) is 2.45. The normalized spacial score (nSPS) is 10.7. The third-order valence-electron chi connectivity index (χ3n) is 3.78. The lowest BCUT2D eigenvalue weighted by atomic mass is 10.1. The first-order valence-corrected chi connectivity index (χ1v) is 8.49. The van der Waals surface area contributed by atoms with Crippen LogP contribution in [0.4, 0.5) is 0 Å². The van der Waals surface area contributed by atoms with Crippen molar-refractivity contribution in [3.8, 4) is 0 Å². The van der Waals surface area contributed by atoms with E-state index >= 15 is 0 Å². The molecule has 134 valence electrons. The molecule has 1 amide bonds. The first-order chi connectivity index (χ1) is 12.6. The topological polar surface area (TPSA) is 81.4 Å². The Balaban J connectivity index is 1.39. The van der Waals surface area contributed by atoms with Crippen molar-refractivity contribution in [2.24, 2.45) is 0 Å². The second-order valence-corrected chi connectivity index (χ2v) is 6.13. The number of aromatic nitrogens is 1. The molecule has 0 aliphatic carbocycles. The Hall–Kier alpha value is -2.86. The van der Waals surface area contributed by atoms with Crippen LogP contribution in [0.2, 0.25) is 5.02 Å². The summed E-state index contributed by atoms with van der Waals surface area (Å²) < 4.78 is 10.1. The van der Waals surface area contributed by atoms with E-state index in [1.54, 1.807) is 18.2 Å². The van der Waals surface area contributed by atoms with E-state index in [2.05, 4.69) is 10.5 Å². The maximum Gasteiger partial charge on any atom is 0.312 e. The van der Waals surface area contributed by atoms with Crippen molar-refractivity contribution in [1.82, 2.24) is 10.5 Å². The van der Waals surface area contributed by atoms with Crippen LogP contribution >= 0.6 is 11.6 Å². The summed E-state index contributed by atoms with van der Waals surface area (Å²) in [6.45, 7) is 0.126. The fourth-order valence-corrected chi connectivity index (χ4v) is 2.57. The Morgan fingerprint density at radius 3 is 2.69 bits per heavy atom. The highest BCUT2D eigenvalue weighted by atomic mass is 35.5. The number of hydrogen-bond acceptors (Lipinski definition) is 5. The molecule has 0 fully saturated rings. The minimum atomic E-state index is -0.531. The number of rotatable bonds is 7. The lowest BCUT2D eigenvalue weighted by molar-refractivity contribution is -0.147. The SMILES string of the molecule is O=C(COC(=O)Cc1noc2ccccc12)NCCc1ccc(Cl)cc1. The van der Waals surface area contributed by atoms with Crippen LogP contribution in [0.3, 0.4) is 0 Å². The van der Waals surface area contributed by atoms with Gasteiger partial charge in [0.2, 0.25) is 0 Å². The highest BCUT2D eigenvalue weighted by Gasteiger charge is 2.14. The van der Waals surface area contributed by atoms with Crippen molar-refractivity contribution in [2.75, 3.05) is 13.2 Å². The van der Waals surface area contributed by atoms with Crippen LogP contribution in [-0.4, -0.2) is 30.2 Å². The van der Waals surface area contributed by atoms with Crippen LogP contribution in [0.1, 0.15) is 11.3 Å². The van der Waals surface area contributed by atoms with Gasteiger partial charge in [0, 0.05) is 17.0 Å². The number of amides is 1. The second-order valence-electron chi connectivity index (χ2n) is 5.69. The molecule has 7 heteroatoms. The van der Waals surface area contributed by atoms with Crippen molar-refractivity contribution in [3.63, 3.8) is 0 Å². The van der Waals surface area contributed by atoms with Gasteiger partial charge in [-0.25, -0.2) is 0 Å². The van der Waals surface area contributed by atoms with Gasteiger partial charge in [-0.05, 0) is 36.2 Å². The van der Waals surface area contributed by atoms with Gasteiger partial charge in [0.05, 0.1) is 6.42 Å². The van der Waals surface area contributed by atoms with E-state index in [4.69, 9.17) is 20.9 Å². The van der Waals surface area contributed by atoms with Gasteiger partial charge < -0.3 is 14.6 Å². The Morgan fingerprint density at radius 2 is 1.88 bits per heavy atom. The number of carbonyl (C=O) groups excluding carboxylic acids is 2. The van der Waals surface area contributed by atoms with E-state index in [0.29, 0.717) is 29.3 Å². The van der Waals surface area contributed by atoms with Crippen molar-refractivity contribution >= 4 is 34.4 Å². The van der Waals surface area contributed by atoms with E-state index in [1.807, 2.05) is 30.3 Å². The summed E-state index contributed by atoms with van der Waals surface area (Å²) in [6.07, 6.45) is 0.622. The van der Waals surface area contributed by atoms with Crippen molar-refractivity contribution in [2.45, 2.75) is 12.8 Å². The molecule has 0 saturated heterocycles. The first kappa shape index (κ1) is 17.9. The van der Waals surface area contributed by atoms with Gasteiger partial charge >= 0.3 is 5.97 Å². The van der Waals surface area contributed by atoms with Crippen LogP contribution in [0.5, 0.6) is 0 Å². The molecule has 0 aliphatic rings. The highest BCUT2D eigenvalue weighted by Crippen LogP contribution is 2.18. The molecule has 1 heterocycles. The maximum absolute atomic E-state index is 11.9. The van der Waals surface area contributed by atoms with Gasteiger partial charge in [0.25, 0.3) is 5.91 Å². The molecule has 0 saturated carbocycles. The van der Waals surface area contributed by atoms with Gasteiger partial charge in [0.1, 0.15) is 5.69 Å². The van der Waals surface area contributed by atoms with Crippen LogP contribution in [-0.2, 0) is 27.2 Å². The summed E-state index contributed by atoms with van der Waals surface area (Å²) in [5.74, 6) is -0.880. The zero-order valence-electron chi connectivity index (χ0n) is 13.9. The van der Waals surface area contributed by atoms with E-state index in [0.717, 1.165) is 10.9 Å². The maximum atomic E-state index is 11.9. The molecular weight excluding hydrogens is 356 g/mol. The first-order valence-electron chi connectivity index (χ1n) is 8.12. The summed E-state index contributed by atoms with van der Waals surface area (Å²) in [7, 11) is 0. The van der Waals surface area contributed by atoms with Crippen LogP contribution in [0.15, 0.2) is 53.1 Å². The molecule has 26 heavy (non-hydrogen) atoms. The predicted octanol–water partition coefficient (Wildman–Crippen LogP) is 2.93. The number of halogens is 1. The van der Waals surface area contributed by atoms with Crippen molar-refractivity contribution < 1.29 is 18.8 Å². The molecule has 0 spiro atoms. The number of nitrogens with one attached hydrogen (secondary N) is 1. The van der Waals surface area contributed by atoms with E-state index < -0.39 is 5.97 Å². The lowest BCUT2D eigenvalue weighted by Gasteiger charge is -2.06. The van der Waals surface area contributed by atoms with Crippen LogP contribution in [0, 0.1) is 0 Å². The zero-order valence-corrected chi connectivity index (χ0v) is 14.7. The Morgan fingerprint density at radius 1 is 1.12 bits per heavy atom. The molecule has 1 N–H and O–H groups in total. The van der Waals surface area contributed by atoms with Gasteiger partial charge in [0.15, 0.2) is 12.2 Å². The zero-order chi connectivity index (χ0) is 18.4. The minimum Gasteiger partial charge on any atom is -0.455 e. The van der Waals surface area contributed by atoms with E-state index in [9.17, 15) is 9.59 Å². The molecule has 1 aromatic heterocycles. The summed E-state index contributed by atoms with van der Waals surface area (Å²) in [5, 5.41) is 8.00. The molecule has 0 bridgehead atoms. The summed E-state index contributed by atoms with van der Waals surface area (Å²) in [5.41, 5.74) is 2.16. The molecular formula is C19H17ClN2O4. The minimum absolute atomic E-state index is 0.0466. The van der Waals surface area contributed by atoms with Gasteiger partial charge in [-0.15, -0.1) is 0 Å². The predicted molar refractivity (Wildman–Crippen MR) is 96.8 cm³/mol. The van der Waals surface area contributed by atoms with Gasteiger partial charge in [-0.2, -0.15) is 0 Å². The molecule has 3 rings (SSSR count). The third kappa shape index (κ3) is 4.83. The van der Waals surface area contributed by atoms with Crippen molar-refractivity contribution in [3.05, 3.63) is 64.8 Å². The summed E-state index contributed by atoms with van der Waals surface area (Å²) in [6, 6.07) is 14.6. The molecule has 0 atom stereocenters. The lowest BCUT2D eigenvalue weighted by Crippen LogP contribution is -2.30. The average molecular weight is 373 g/mol. The monoisotopic (exact) mass is 372 g/mol. The fraction of sp³-hybridized carbons (Fsp3) is 0.211. The molecule has 0 unspecified atom stereocenters. The number of esters is 1. The Bertz CT molecular complexity index is 905. The number of fused-ring (bicyclic) bond motifs is 1. The Labute approximate surface area is 155 Å². The highest BCUT2D eigenvalue weighted by molar-refractivity contribution is 6.30. The van der Waals surface area contributed by atoms with Crippen LogP contribution in [0.25, 0.3) is 11.0 Å². The Kier molecular flexibility index (Phi) is 5.86. The number of nitrogens with zero attached hydrogens (tertiary/aromatic N) is 1. The molecule has 0 radical (unpaired) electrons. The number of ether oxygens (including phenoxy) is 1. The quantitative estimate of drug-likeness (QED) is 0.645. The molecule has 6 nitrogen and oxygen atoms in total. The number of carbonyl (C=O) groups is 2. The van der Waals surface area contributed by atoms with E-state index in [1.165, 1.54) is 0 Å². The number of para-hydroxylation sites is 1. The van der Waals surface area contributed by atoms with Gasteiger partial charge in [-0.1, -0.05) is 41.0 Å². The second kappa shape index (κ2) is 8.49. The molecule has 2 aromatic carbocycles. The molecule has 3 aromatic rings. The average Bonchev–Trinajstić information content (AvgIpc) is 3.05. The number of hydrogen-bond donors (Lipinski definition) is 1. The standard InChI is InChI=1S/C19H17ClN2O4/c20-14-7-5-13(6-8-14)9-10-21-18(23)12-25-19(24)11-16-15-3-1-2-4-17(15)26-22-16/h1-8H,9-12H2,(H,21,23). The van der Waals surface area contributed by atoms with Crippen LogP contribution < -0.4 is 5.32 Å². The summed E-state index contributed by atoms with van der Waals surface area (Å²) >= 11 is 5.82. The smallest absolute Gasteiger partial charge is 0.312 e.